The highest BCUT2D eigenvalue weighted by Gasteiger charge is 2.49. The minimum atomic E-state index is -0.488. The smallest absolute Gasteiger partial charge is 0.258 e. The summed E-state index contributed by atoms with van der Waals surface area (Å²) in [6, 6.07) is 15.5. The summed E-state index contributed by atoms with van der Waals surface area (Å²) in [5.41, 5.74) is 4.81. The molecule has 3 aliphatic rings. The molecule has 2 aromatic carbocycles. The number of piperidine rings is 1. The fraction of sp³-hybridized carbons (Fsp3) is 0.360. The first kappa shape index (κ1) is 18.5. The molecule has 1 aromatic heterocycles. The van der Waals surface area contributed by atoms with E-state index in [0.29, 0.717) is 12.0 Å². The predicted molar refractivity (Wildman–Crippen MR) is 120 cm³/mol. The lowest BCUT2D eigenvalue weighted by Gasteiger charge is -2.50. The maximum atomic E-state index is 13.7. The fourth-order valence-corrected chi connectivity index (χ4v) is 5.66. The molecule has 0 aliphatic carbocycles. The fourth-order valence-electron chi connectivity index (χ4n) is 5.66. The zero-order chi connectivity index (χ0) is 21.1. The predicted octanol–water partition coefficient (Wildman–Crippen LogP) is 3.70. The van der Waals surface area contributed by atoms with Gasteiger partial charge < -0.3 is 19.7 Å². The monoisotopic (exact) mass is 414 g/mol. The van der Waals surface area contributed by atoms with Crippen LogP contribution in [-0.2, 0) is 11.2 Å². The Kier molecular flexibility index (Phi) is 4.10. The molecular formula is C25H26N4O2. The van der Waals surface area contributed by atoms with E-state index in [1.54, 1.807) is 0 Å². The molecule has 1 N–H and O–H groups in total. The molecular weight excluding hydrogens is 388 g/mol. The van der Waals surface area contributed by atoms with E-state index in [0.717, 1.165) is 53.8 Å². The van der Waals surface area contributed by atoms with Crippen LogP contribution in [0.1, 0.15) is 47.0 Å². The Bertz CT molecular complexity index is 1190. The number of nitrogens with zero attached hydrogens (tertiary/aromatic N) is 3. The SMILES string of the molecule is CN1c2ccccc2C(=O)N2[C@@H](C(=O)N3CCCCC3)Cc3c([nH]c4ccccc34)[C@H]12. The summed E-state index contributed by atoms with van der Waals surface area (Å²) in [6.07, 6.45) is 3.47. The van der Waals surface area contributed by atoms with E-state index in [2.05, 4.69) is 22.0 Å². The molecule has 4 heterocycles. The molecule has 31 heavy (non-hydrogen) atoms. The van der Waals surface area contributed by atoms with Crippen molar-refractivity contribution in [1.82, 2.24) is 14.8 Å². The number of carbonyl (C=O) groups is 2. The third-order valence-electron chi connectivity index (χ3n) is 7.17. The van der Waals surface area contributed by atoms with E-state index in [1.807, 2.05) is 53.2 Å². The lowest BCUT2D eigenvalue weighted by atomic mass is 9.90. The minimum Gasteiger partial charge on any atom is -0.355 e. The highest BCUT2D eigenvalue weighted by molar-refractivity contribution is 6.05. The van der Waals surface area contributed by atoms with Crippen LogP contribution >= 0.6 is 0 Å². The summed E-state index contributed by atoms with van der Waals surface area (Å²) in [6.45, 7) is 1.57. The number of H-pyrrole nitrogens is 1. The first-order chi connectivity index (χ1) is 15.1. The van der Waals surface area contributed by atoms with Gasteiger partial charge in [0.15, 0.2) is 0 Å². The number of aromatic amines is 1. The molecule has 0 radical (unpaired) electrons. The lowest BCUT2D eigenvalue weighted by molar-refractivity contribution is -0.138. The topological polar surface area (TPSA) is 59.7 Å². The van der Waals surface area contributed by atoms with Crippen molar-refractivity contribution in [3.05, 3.63) is 65.4 Å². The van der Waals surface area contributed by atoms with Gasteiger partial charge in [-0.25, -0.2) is 0 Å². The molecule has 6 heteroatoms. The Morgan fingerprint density at radius 2 is 1.74 bits per heavy atom. The highest BCUT2D eigenvalue weighted by Crippen LogP contribution is 2.45. The van der Waals surface area contributed by atoms with Crippen LogP contribution in [0.25, 0.3) is 10.9 Å². The molecule has 2 atom stereocenters. The first-order valence-electron chi connectivity index (χ1n) is 11.2. The van der Waals surface area contributed by atoms with Crippen LogP contribution in [0.4, 0.5) is 5.69 Å². The summed E-state index contributed by atoms with van der Waals surface area (Å²) in [5, 5.41) is 1.15. The number of amides is 2. The van der Waals surface area contributed by atoms with Crippen molar-refractivity contribution < 1.29 is 9.59 Å². The van der Waals surface area contributed by atoms with E-state index in [-0.39, 0.29) is 18.0 Å². The zero-order valence-corrected chi connectivity index (χ0v) is 17.7. The van der Waals surface area contributed by atoms with E-state index in [9.17, 15) is 9.59 Å². The third-order valence-corrected chi connectivity index (χ3v) is 7.17. The largest absolute Gasteiger partial charge is 0.355 e. The van der Waals surface area contributed by atoms with Crippen molar-refractivity contribution in [2.24, 2.45) is 0 Å². The van der Waals surface area contributed by atoms with Gasteiger partial charge in [-0.3, -0.25) is 9.59 Å². The van der Waals surface area contributed by atoms with E-state index < -0.39 is 6.04 Å². The Morgan fingerprint density at radius 3 is 2.58 bits per heavy atom. The molecule has 3 aliphatic heterocycles. The summed E-state index contributed by atoms with van der Waals surface area (Å²) in [7, 11) is 2.02. The van der Waals surface area contributed by atoms with Crippen LogP contribution in [0.3, 0.4) is 0 Å². The second-order valence-electron chi connectivity index (χ2n) is 8.88. The van der Waals surface area contributed by atoms with Crippen molar-refractivity contribution in [3.63, 3.8) is 0 Å². The first-order valence-corrected chi connectivity index (χ1v) is 11.2. The molecule has 158 valence electrons. The number of fused-ring (bicyclic) bond motifs is 6. The van der Waals surface area contributed by atoms with Gasteiger partial charge in [-0.1, -0.05) is 30.3 Å². The molecule has 0 saturated carbocycles. The normalized spacial score (nSPS) is 22.9. The number of carbonyl (C=O) groups excluding carboxylic acids is 2. The number of benzene rings is 2. The van der Waals surface area contributed by atoms with Gasteiger partial charge >= 0.3 is 0 Å². The van der Waals surface area contributed by atoms with Crippen LogP contribution < -0.4 is 4.90 Å². The number of para-hydroxylation sites is 2. The second kappa shape index (κ2) is 6.87. The van der Waals surface area contributed by atoms with Crippen molar-refractivity contribution >= 4 is 28.4 Å². The molecule has 3 aromatic rings. The van der Waals surface area contributed by atoms with Crippen LogP contribution in [0, 0.1) is 0 Å². The molecule has 6 rings (SSSR count). The molecule has 0 bridgehead atoms. The number of nitrogens with one attached hydrogen (secondary N) is 1. The standard InChI is InChI=1S/C25H26N4O2/c1-27-20-12-6-4-10-17(20)24(30)29-21(25(31)28-13-7-2-8-14-28)15-18-16-9-3-5-11-19(16)26-22(18)23(27)29/h3-6,9-12,21,23,26H,2,7-8,13-15H2,1H3/t21-,23-/m1/s1. The zero-order valence-electron chi connectivity index (χ0n) is 17.7. The van der Waals surface area contributed by atoms with Crippen LogP contribution in [-0.4, -0.2) is 52.8 Å². The maximum Gasteiger partial charge on any atom is 0.258 e. The third kappa shape index (κ3) is 2.63. The summed E-state index contributed by atoms with van der Waals surface area (Å²) >= 11 is 0. The van der Waals surface area contributed by atoms with E-state index in [4.69, 9.17) is 0 Å². The highest BCUT2D eigenvalue weighted by atomic mass is 16.2. The van der Waals surface area contributed by atoms with Gasteiger partial charge in [0, 0.05) is 37.5 Å². The number of aromatic nitrogens is 1. The van der Waals surface area contributed by atoms with Gasteiger partial charge in [-0.2, -0.15) is 0 Å². The van der Waals surface area contributed by atoms with Crippen molar-refractivity contribution in [1.29, 1.82) is 0 Å². The average Bonchev–Trinajstić information content (AvgIpc) is 3.20. The Morgan fingerprint density at radius 1 is 1.00 bits per heavy atom. The number of hydrogen-bond acceptors (Lipinski definition) is 3. The molecule has 0 spiro atoms. The second-order valence-corrected chi connectivity index (χ2v) is 8.88. The average molecular weight is 415 g/mol. The van der Waals surface area contributed by atoms with Gasteiger partial charge in [-0.05, 0) is 43.0 Å². The van der Waals surface area contributed by atoms with E-state index in [1.165, 1.54) is 6.42 Å². The molecule has 2 amide bonds. The van der Waals surface area contributed by atoms with Crippen LogP contribution in [0.2, 0.25) is 0 Å². The van der Waals surface area contributed by atoms with E-state index >= 15 is 0 Å². The number of anilines is 1. The summed E-state index contributed by atoms with van der Waals surface area (Å²) in [4.78, 5) is 37.0. The van der Waals surface area contributed by atoms with Crippen molar-refractivity contribution in [2.45, 2.75) is 37.9 Å². The van der Waals surface area contributed by atoms with Gasteiger partial charge in [0.2, 0.25) is 5.91 Å². The van der Waals surface area contributed by atoms with Gasteiger partial charge in [0.25, 0.3) is 5.91 Å². The van der Waals surface area contributed by atoms with Crippen LogP contribution in [0.15, 0.2) is 48.5 Å². The molecule has 0 unspecified atom stereocenters. The maximum absolute atomic E-state index is 13.7. The quantitative estimate of drug-likeness (QED) is 0.661. The Balaban J connectivity index is 1.54. The number of hydrogen-bond donors (Lipinski definition) is 1. The van der Waals surface area contributed by atoms with Crippen molar-refractivity contribution in [2.75, 3.05) is 25.0 Å². The molecule has 1 saturated heterocycles. The van der Waals surface area contributed by atoms with Gasteiger partial charge in [0.05, 0.1) is 16.9 Å². The summed E-state index contributed by atoms with van der Waals surface area (Å²) in [5.74, 6) is 0.0279. The lowest BCUT2D eigenvalue weighted by Crippen LogP contribution is -2.60. The molecule has 1 fully saturated rings. The van der Waals surface area contributed by atoms with Crippen LogP contribution in [0.5, 0.6) is 0 Å². The minimum absolute atomic E-state index is 0.0571. The van der Waals surface area contributed by atoms with Crippen molar-refractivity contribution in [3.8, 4) is 0 Å². The number of rotatable bonds is 1. The van der Waals surface area contributed by atoms with Gasteiger partial charge in [0.1, 0.15) is 12.2 Å². The Labute approximate surface area is 181 Å². The Hall–Kier alpha value is -3.28. The molecule has 6 nitrogen and oxygen atoms in total. The van der Waals surface area contributed by atoms with Gasteiger partial charge in [-0.15, -0.1) is 0 Å². The summed E-state index contributed by atoms with van der Waals surface area (Å²) < 4.78 is 0. The number of likely N-dealkylation sites (tertiary alicyclic amines) is 1.